The predicted molar refractivity (Wildman–Crippen MR) is 99.5 cm³/mol. The molecule has 150 valence electrons. The molecule has 2 rings (SSSR count). The summed E-state index contributed by atoms with van der Waals surface area (Å²) in [6.45, 7) is 2.84. The number of carbonyl (C=O) groups excluding carboxylic acids is 2. The number of anilines is 1. The molecule has 0 atom stereocenters. The van der Waals surface area contributed by atoms with Gasteiger partial charge in [-0.2, -0.15) is 0 Å². The molecule has 0 saturated heterocycles. The van der Waals surface area contributed by atoms with Crippen LogP contribution in [0.25, 0.3) is 0 Å². The molecule has 0 aliphatic heterocycles. The topological polar surface area (TPSA) is 104 Å². The Kier molecular flexibility index (Phi) is 6.47. The minimum Gasteiger partial charge on any atom is -0.343 e. The Hall–Kier alpha value is -2.85. The highest BCUT2D eigenvalue weighted by Crippen LogP contribution is 2.21. The second-order valence-corrected chi connectivity index (χ2v) is 7.84. The lowest BCUT2D eigenvalue weighted by atomic mass is 10.1. The first-order valence-electron chi connectivity index (χ1n) is 8.13. The minimum absolute atomic E-state index is 0.0340. The van der Waals surface area contributed by atoms with Gasteiger partial charge in [-0.3, -0.25) is 9.59 Å². The normalized spacial score (nSPS) is 11.2. The number of rotatable bonds is 6. The molecule has 0 unspecified atom stereocenters. The van der Waals surface area contributed by atoms with E-state index < -0.39 is 40.0 Å². The van der Waals surface area contributed by atoms with Gasteiger partial charge in [0.2, 0.25) is 15.9 Å². The van der Waals surface area contributed by atoms with Crippen LogP contribution in [-0.2, 0) is 14.8 Å². The molecular weight excluding hydrogens is 392 g/mol. The number of nitrogens with one attached hydrogen (secondary N) is 3. The maximum Gasteiger partial charge on any atom is 0.251 e. The molecule has 0 fully saturated rings. The molecule has 0 saturated carbocycles. The summed E-state index contributed by atoms with van der Waals surface area (Å²) in [5.41, 5.74) is 1.19. The maximum absolute atomic E-state index is 13.1. The molecule has 3 N–H and O–H groups in total. The average Bonchev–Trinajstić information content (AvgIpc) is 2.64. The Labute approximate surface area is 161 Å². The van der Waals surface area contributed by atoms with Crippen LogP contribution in [0.2, 0.25) is 0 Å². The van der Waals surface area contributed by atoms with Crippen LogP contribution in [0.3, 0.4) is 0 Å². The first-order valence-corrected chi connectivity index (χ1v) is 9.61. The molecule has 2 amide bonds. The van der Waals surface area contributed by atoms with E-state index >= 15 is 0 Å². The Morgan fingerprint density at radius 2 is 1.71 bits per heavy atom. The van der Waals surface area contributed by atoms with Crippen molar-refractivity contribution in [3.05, 3.63) is 58.7 Å². The first-order chi connectivity index (χ1) is 13.0. The zero-order valence-electron chi connectivity index (χ0n) is 15.4. The van der Waals surface area contributed by atoms with Gasteiger partial charge in [0.15, 0.2) is 11.6 Å². The summed E-state index contributed by atoms with van der Waals surface area (Å²) < 4.78 is 52.4. The summed E-state index contributed by atoms with van der Waals surface area (Å²) in [4.78, 5) is 24.2. The fourth-order valence-electron chi connectivity index (χ4n) is 2.39. The quantitative estimate of drug-likeness (QED) is 0.675. The number of aryl methyl sites for hydroxylation is 1. The molecule has 10 heteroatoms. The SMILES string of the molecule is CNS(=O)(=O)c1cc(C(=O)NCC(=O)Nc2ccc(F)c(F)c2)cc(C)c1C. The number of hydrogen-bond acceptors (Lipinski definition) is 4. The molecule has 0 aliphatic carbocycles. The number of sulfonamides is 1. The van der Waals surface area contributed by atoms with Crippen LogP contribution in [0, 0.1) is 25.5 Å². The zero-order valence-corrected chi connectivity index (χ0v) is 16.2. The van der Waals surface area contributed by atoms with Gasteiger partial charge in [0.05, 0.1) is 11.4 Å². The lowest BCUT2D eigenvalue weighted by Gasteiger charge is -2.12. The van der Waals surface area contributed by atoms with Crippen molar-refractivity contribution in [2.45, 2.75) is 18.7 Å². The van der Waals surface area contributed by atoms with Gasteiger partial charge in [-0.25, -0.2) is 21.9 Å². The van der Waals surface area contributed by atoms with Crippen molar-refractivity contribution in [1.29, 1.82) is 0 Å². The summed E-state index contributed by atoms with van der Waals surface area (Å²) in [6.07, 6.45) is 0. The van der Waals surface area contributed by atoms with Crippen molar-refractivity contribution in [1.82, 2.24) is 10.0 Å². The molecule has 2 aromatic rings. The van der Waals surface area contributed by atoms with E-state index in [0.717, 1.165) is 12.1 Å². The molecule has 0 bridgehead atoms. The van der Waals surface area contributed by atoms with Crippen LogP contribution in [0.4, 0.5) is 14.5 Å². The van der Waals surface area contributed by atoms with Crippen LogP contribution in [0.5, 0.6) is 0 Å². The van der Waals surface area contributed by atoms with E-state index in [1.807, 2.05) is 0 Å². The fourth-order valence-corrected chi connectivity index (χ4v) is 3.45. The van der Waals surface area contributed by atoms with Gasteiger partial charge >= 0.3 is 0 Å². The van der Waals surface area contributed by atoms with Gasteiger partial charge in [0, 0.05) is 17.3 Å². The molecule has 0 spiro atoms. The zero-order chi connectivity index (χ0) is 21.1. The molecule has 28 heavy (non-hydrogen) atoms. The Balaban J connectivity index is 2.10. The van der Waals surface area contributed by atoms with Crippen LogP contribution in [-0.4, -0.2) is 33.8 Å². The Morgan fingerprint density at radius 3 is 2.32 bits per heavy atom. The van der Waals surface area contributed by atoms with Crippen LogP contribution in [0.1, 0.15) is 21.5 Å². The molecule has 7 nitrogen and oxygen atoms in total. The number of halogens is 2. The lowest BCUT2D eigenvalue weighted by molar-refractivity contribution is -0.115. The second-order valence-electron chi connectivity index (χ2n) is 5.98. The fraction of sp³-hybridized carbons (Fsp3) is 0.222. The predicted octanol–water partition coefficient (Wildman–Crippen LogP) is 1.86. The molecular formula is C18H19F2N3O4S. The van der Waals surface area contributed by atoms with Gasteiger partial charge in [-0.15, -0.1) is 0 Å². The number of amides is 2. The van der Waals surface area contributed by atoms with Crippen LogP contribution >= 0.6 is 0 Å². The summed E-state index contributed by atoms with van der Waals surface area (Å²) in [7, 11) is -2.50. The summed E-state index contributed by atoms with van der Waals surface area (Å²) in [5, 5.41) is 4.67. The third-order valence-corrected chi connectivity index (χ3v) is 5.59. The Bertz CT molecular complexity index is 1040. The van der Waals surface area contributed by atoms with Crippen LogP contribution in [0.15, 0.2) is 35.2 Å². The Morgan fingerprint density at radius 1 is 1.04 bits per heavy atom. The van der Waals surface area contributed by atoms with E-state index in [1.165, 1.54) is 25.2 Å². The largest absolute Gasteiger partial charge is 0.343 e. The lowest BCUT2D eigenvalue weighted by Crippen LogP contribution is -2.33. The molecule has 0 aromatic heterocycles. The standard InChI is InChI=1S/C18H19F2N3O4S/c1-10-6-12(7-16(11(10)2)28(26,27)21-3)18(25)22-9-17(24)23-13-4-5-14(19)15(20)8-13/h4-8,21H,9H2,1-3H3,(H,22,25)(H,23,24). The summed E-state index contributed by atoms with van der Waals surface area (Å²) in [5.74, 6) is -3.48. The van der Waals surface area contributed by atoms with E-state index in [-0.39, 0.29) is 16.1 Å². The van der Waals surface area contributed by atoms with Gasteiger partial charge < -0.3 is 10.6 Å². The highest BCUT2D eigenvalue weighted by Gasteiger charge is 2.19. The van der Waals surface area contributed by atoms with Crippen molar-refractivity contribution >= 4 is 27.5 Å². The summed E-state index contributed by atoms with van der Waals surface area (Å²) >= 11 is 0. The molecule has 0 aliphatic rings. The first kappa shape index (κ1) is 21.5. The number of carbonyl (C=O) groups is 2. The van der Waals surface area contributed by atoms with Crippen molar-refractivity contribution in [2.24, 2.45) is 0 Å². The van der Waals surface area contributed by atoms with E-state index in [1.54, 1.807) is 13.8 Å². The maximum atomic E-state index is 13.1. The highest BCUT2D eigenvalue weighted by molar-refractivity contribution is 7.89. The van der Waals surface area contributed by atoms with E-state index in [2.05, 4.69) is 15.4 Å². The monoisotopic (exact) mass is 411 g/mol. The third kappa shape index (κ3) is 4.90. The highest BCUT2D eigenvalue weighted by atomic mass is 32.2. The summed E-state index contributed by atoms with van der Waals surface area (Å²) in [6, 6.07) is 5.58. The second kappa shape index (κ2) is 8.44. The molecule has 2 aromatic carbocycles. The molecule has 0 heterocycles. The average molecular weight is 411 g/mol. The number of benzene rings is 2. The van der Waals surface area contributed by atoms with E-state index in [4.69, 9.17) is 0 Å². The van der Waals surface area contributed by atoms with Crippen molar-refractivity contribution < 1.29 is 26.8 Å². The van der Waals surface area contributed by atoms with Gasteiger partial charge in [-0.1, -0.05) is 0 Å². The van der Waals surface area contributed by atoms with E-state index in [9.17, 15) is 26.8 Å². The van der Waals surface area contributed by atoms with Gasteiger partial charge in [0.1, 0.15) is 0 Å². The van der Waals surface area contributed by atoms with Crippen LogP contribution < -0.4 is 15.4 Å². The van der Waals surface area contributed by atoms with Crippen molar-refractivity contribution in [3.8, 4) is 0 Å². The van der Waals surface area contributed by atoms with E-state index in [0.29, 0.717) is 11.1 Å². The smallest absolute Gasteiger partial charge is 0.251 e. The number of hydrogen-bond donors (Lipinski definition) is 3. The minimum atomic E-state index is -3.76. The molecule has 0 radical (unpaired) electrons. The van der Waals surface area contributed by atoms with Gasteiger partial charge in [0.25, 0.3) is 5.91 Å². The van der Waals surface area contributed by atoms with Crippen molar-refractivity contribution in [2.75, 3.05) is 18.9 Å². The van der Waals surface area contributed by atoms with Gasteiger partial charge in [-0.05, 0) is 56.3 Å². The van der Waals surface area contributed by atoms with Crippen molar-refractivity contribution in [3.63, 3.8) is 0 Å². The third-order valence-electron chi connectivity index (χ3n) is 4.05.